The van der Waals surface area contributed by atoms with Gasteiger partial charge in [0, 0.05) is 27.8 Å². The number of nitrogens with zero attached hydrogens (tertiary/aromatic N) is 7. The third-order valence-electron chi connectivity index (χ3n) is 6.78. The lowest BCUT2D eigenvalue weighted by atomic mass is 9.89. The van der Waals surface area contributed by atoms with Gasteiger partial charge in [-0.25, -0.2) is 13.2 Å². The topological polar surface area (TPSA) is 167 Å². The zero-order valence-corrected chi connectivity index (χ0v) is 20.2. The maximum Gasteiger partial charge on any atom is 0.180 e. The van der Waals surface area contributed by atoms with Crippen LogP contribution >= 0.6 is 0 Å². The molecule has 0 N–H and O–H groups in total. The number of fused-ring (bicyclic) bond motifs is 4. The molecule has 0 atom stereocenters. The van der Waals surface area contributed by atoms with E-state index in [1.807, 2.05) is 18.2 Å². The highest BCUT2D eigenvalue weighted by atomic mass is 19.2. The normalized spacial score (nSPS) is 11.9. The summed E-state index contributed by atoms with van der Waals surface area (Å²) in [7, 11) is 0. The Balaban J connectivity index is 1.92. The lowest BCUT2D eigenvalue weighted by Gasteiger charge is -2.12. The van der Waals surface area contributed by atoms with Crippen LogP contribution in [0.2, 0.25) is 0 Å². The third-order valence-corrected chi connectivity index (χ3v) is 6.78. The Kier molecular flexibility index (Phi) is 5.93. The molecule has 0 bridgehead atoms. The van der Waals surface area contributed by atoms with Gasteiger partial charge in [0.25, 0.3) is 0 Å². The van der Waals surface area contributed by atoms with E-state index in [2.05, 4.69) is 0 Å². The highest BCUT2D eigenvalue weighted by Gasteiger charge is 2.39. The molecule has 7 nitrogen and oxygen atoms in total. The Labute approximate surface area is 229 Å². The van der Waals surface area contributed by atoms with Gasteiger partial charge in [0.2, 0.25) is 0 Å². The molecule has 5 rings (SSSR count). The number of hydrogen-bond acceptors (Lipinski definition) is 7. The maximum atomic E-state index is 15.5. The Morgan fingerprint density at radius 2 is 1.12 bits per heavy atom. The van der Waals surface area contributed by atoms with E-state index < -0.39 is 50.9 Å². The summed E-state index contributed by atoms with van der Waals surface area (Å²) in [5, 5.41) is 67.4. The average Bonchev–Trinajstić information content (AvgIpc) is 3.50. The first-order chi connectivity index (χ1) is 19.8. The number of allylic oxidation sites excluding steroid dienone is 5. The second kappa shape index (κ2) is 9.44. The molecule has 3 aromatic carbocycles. The van der Waals surface area contributed by atoms with Gasteiger partial charge in [-0.3, -0.25) is 0 Å². The summed E-state index contributed by atoms with van der Waals surface area (Å²) >= 11 is 0. The zero-order chi connectivity index (χ0) is 29.6. The van der Waals surface area contributed by atoms with Gasteiger partial charge in [0.15, 0.2) is 17.5 Å². The lowest BCUT2D eigenvalue weighted by molar-refractivity contribution is 0.488. The molecule has 0 spiro atoms. The summed E-state index contributed by atoms with van der Waals surface area (Å²) in [6.07, 6.45) is 0. The Morgan fingerprint density at radius 3 is 1.68 bits per heavy atom. The van der Waals surface area contributed by atoms with Gasteiger partial charge in [-0.05, 0) is 46.0 Å². The van der Waals surface area contributed by atoms with Crippen LogP contribution in [0, 0.1) is 96.8 Å². The predicted molar refractivity (Wildman–Crippen MR) is 135 cm³/mol. The van der Waals surface area contributed by atoms with Crippen molar-refractivity contribution < 1.29 is 13.2 Å². The molecule has 0 fully saturated rings. The van der Waals surface area contributed by atoms with Crippen molar-refractivity contribution in [3.8, 4) is 53.6 Å². The molecular weight excluding hydrogens is 527 g/mol. The van der Waals surface area contributed by atoms with E-state index in [-0.39, 0.29) is 27.8 Å². The fourth-order valence-corrected chi connectivity index (χ4v) is 5.14. The molecule has 0 unspecified atom stereocenters. The molecule has 0 heterocycles. The monoisotopic (exact) mass is 533 g/mol. The largest absolute Gasteiger partial charge is 0.205 e. The number of nitriles is 7. The van der Waals surface area contributed by atoms with Gasteiger partial charge in [0.1, 0.15) is 53.1 Å². The summed E-state index contributed by atoms with van der Waals surface area (Å²) in [6.45, 7) is 0. The standard InChI is InChI=1S/C31H6F3N7/c32-29-23(13-41)30(33)31(34)27-22(12-40)25(26(28(27)29)17(10-38)11-39)15-2-4-19-18-3-1-14(7-35)5-20(18)24(21(19)6-15)16(8-36)9-37/h1-6H. The Hall–Kier alpha value is -6.90. The van der Waals surface area contributed by atoms with E-state index >= 15 is 8.78 Å². The van der Waals surface area contributed by atoms with E-state index in [1.54, 1.807) is 36.4 Å². The van der Waals surface area contributed by atoms with Crippen molar-refractivity contribution in [1.29, 1.82) is 36.8 Å². The average molecular weight is 533 g/mol. The highest BCUT2D eigenvalue weighted by Crippen LogP contribution is 2.53. The summed E-state index contributed by atoms with van der Waals surface area (Å²) < 4.78 is 45.4. The number of hydrogen-bond donors (Lipinski definition) is 0. The van der Waals surface area contributed by atoms with E-state index in [9.17, 15) is 41.2 Å². The van der Waals surface area contributed by atoms with E-state index in [0.29, 0.717) is 22.3 Å². The second-order valence-corrected chi connectivity index (χ2v) is 8.62. The molecular formula is C31H6F3N7. The molecule has 0 aromatic heterocycles. The van der Waals surface area contributed by atoms with Crippen molar-refractivity contribution in [2.24, 2.45) is 0 Å². The summed E-state index contributed by atoms with van der Waals surface area (Å²) in [4.78, 5) is 0. The fourth-order valence-electron chi connectivity index (χ4n) is 5.14. The van der Waals surface area contributed by atoms with Crippen LogP contribution in [0.5, 0.6) is 0 Å². The Morgan fingerprint density at radius 1 is 0.537 bits per heavy atom. The van der Waals surface area contributed by atoms with E-state index in [4.69, 9.17) is 0 Å². The first-order valence-corrected chi connectivity index (χ1v) is 11.4. The SMILES string of the molecule is N#CC(C#N)=C1c2cc(C#N)ccc2-c2ccc(C3=C(C#N)c4c(F)c(F)c(C#N)c(F)c4C3=C(C#N)C#N)cc21. The zero-order valence-electron chi connectivity index (χ0n) is 20.2. The van der Waals surface area contributed by atoms with Crippen molar-refractivity contribution in [3.63, 3.8) is 0 Å². The molecule has 0 aliphatic heterocycles. The van der Waals surface area contributed by atoms with Crippen molar-refractivity contribution in [3.05, 3.63) is 104 Å². The lowest BCUT2D eigenvalue weighted by Crippen LogP contribution is -2.04. The first kappa shape index (κ1) is 25.7. The van der Waals surface area contributed by atoms with Crippen molar-refractivity contribution in [2.75, 3.05) is 0 Å². The van der Waals surface area contributed by atoms with Gasteiger partial charge in [-0.15, -0.1) is 0 Å². The summed E-state index contributed by atoms with van der Waals surface area (Å²) in [5.74, 6) is -5.08. The molecule has 2 aliphatic rings. The fraction of sp³-hybridized carbons (Fsp3) is 0. The van der Waals surface area contributed by atoms with E-state index in [0.717, 1.165) is 0 Å². The van der Waals surface area contributed by atoms with Crippen LogP contribution in [0.1, 0.15) is 38.9 Å². The molecule has 0 radical (unpaired) electrons. The van der Waals surface area contributed by atoms with Gasteiger partial charge in [-0.1, -0.05) is 18.2 Å². The maximum absolute atomic E-state index is 15.5. The molecule has 0 amide bonds. The molecule has 0 saturated carbocycles. The predicted octanol–water partition coefficient (Wildman–Crippen LogP) is 5.93. The van der Waals surface area contributed by atoms with Crippen LogP contribution in [-0.4, -0.2) is 0 Å². The van der Waals surface area contributed by atoms with Crippen molar-refractivity contribution in [2.45, 2.75) is 0 Å². The number of halogens is 3. The van der Waals surface area contributed by atoms with Crippen LogP contribution in [0.25, 0.3) is 33.4 Å². The van der Waals surface area contributed by atoms with Crippen LogP contribution in [-0.2, 0) is 0 Å². The highest BCUT2D eigenvalue weighted by molar-refractivity contribution is 6.26. The molecule has 41 heavy (non-hydrogen) atoms. The molecule has 3 aromatic rings. The molecule has 10 heteroatoms. The number of rotatable bonds is 1. The van der Waals surface area contributed by atoms with Crippen LogP contribution in [0.3, 0.4) is 0 Å². The third kappa shape index (κ3) is 3.40. The molecule has 186 valence electrons. The number of benzene rings is 3. The van der Waals surface area contributed by atoms with Crippen LogP contribution in [0.4, 0.5) is 13.2 Å². The van der Waals surface area contributed by atoms with E-state index in [1.165, 1.54) is 24.3 Å². The second-order valence-electron chi connectivity index (χ2n) is 8.62. The minimum absolute atomic E-state index is 0.0493. The molecule has 0 saturated heterocycles. The minimum atomic E-state index is -1.83. The summed E-state index contributed by atoms with van der Waals surface area (Å²) in [5.41, 5.74) is -3.05. The van der Waals surface area contributed by atoms with Gasteiger partial charge >= 0.3 is 0 Å². The van der Waals surface area contributed by atoms with Crippen molar-refractivity contribution in [1.82, 2.24) is 0 Å². The van der Waals surface area contributed by atoms with Crippen LogP contribution in [0.15, 0.2) is 47.5 Å². The molecule has 2 aliphatic carbocycles. The minimum Gasteiger partial charge on any atom is -0.205 e. The quantitative estimate of drug-likeness (QED) is 0.216. The summed E-state index contributed by atoms with van der Waals surface area (Å²) in [6, 6.07) is 20.8. The van der Waals surface area contributed by atoms with Crippen LogP contribution < -0.4 is 0 Å². The first-order valence-electron chi connectivity index (χ1n) is 11.4. The van der Waals surface area contributed by atoms with Gasteiger partial charge in [0.05, 0.1) is 17.2 Å². The Bertz CT molecular complexity index is 2170. The van der Waals surface area contributed by atoms with Gasteiger partial charge < -0.3 is 0 Å². The van der Waals surface area contributed by atoms with Crippen molar-refractivity contribution >= 4 is 22.3 Å². The smallest absolute Gasteiger partial charge is 0.180 e. The van der Waals surface area contributed by atoms with Gasteiger partial charge in [-0.2, -0.15) is 36.8 Å².